The number of nitrogens with zero attached hydrogens (tertiary/aromatic N) is 1. The molecule has 1 saturated heterocycles. The summed E-state index contributed by atoms with van der Waals surface area (Å²) in [5.74, 6) is -0.623. The summed E-state index contributed by atoms with van der Waals surface area (Å²) in [5, 5.41) is 2.61. The molecule has 1 aliphatic rings. The predicted molar refractivity (Wildman–Crippen MR) is 91.2 cm³/mol. The highest BCUT2D eigenvalue weighted by molar-refractivity contribution is 5.92. The van der Waals surface area contributed by atoms with Gasteiger partial charge in [-0.25, -0.2) is 4.39 Å². The minimum absolute atomic E-state index is 0.208. The number of amides is 1. The standard InChI is InChI=1S/C19H21FN2O/c20-17-6-2-3-7-18(17)21-19(23)14-15-8-10-16(11-9-15)22-12-4-1-5-13-22/h2-3,6-11H,1,4-5,12-14H2,(H,21,23). The van der Waals surface area contributed by atoms with E-state index in [-0.39, 0.29) is 18.0 Å². The summed E-state index contributed by atoms with van der Waals surface area (Å²) < 4.78 is 13.5. The van der Waals surface area contributed by atoms with E-state index in [0.717, 1.165) is 18.7 Å². The molecule has 23 heavy (non-hydrogen) atoms. The van der Waals surface area contributed by atoms with Crippen molar-refractivity contribution in [1.82, 2.24) is 0 Å². The Hall–Kier alpha value is -2.36. The first kappa shape index (κ1) is 15.5. The third kappa shape index (κ3) is 4.09. The number of carbonyl (C=O) groups is 1. The molecular weight excluding hydrogens is 291 g/mol. The van der Waals surface area contributed by atoms with Gasteiger partial charge in [0.25, 0.3) is 0 Å². The van der Waals surface area contributed by atoms with Crippen molar-refractivity contribution in [3.63, 3.8) is 0 Å². The van der Waals surface area contributed by atoms with E-state index in [4.69, 9.17) is 0 Å². The van der Waals surface area contributed by atoms with E-state index in [9.17, 15) is 9.18 Å². The molecule has 0 bridgehead atoms. The zero-order valence-corrected chi connectivity index (χ0v) is 13.1. The third-order valence-electron chi connectivity index (χ3n) is 4.17. The monoisotopic (exact) mass is 312 g/mol. The number of piperidine rings is 1. The van der Waals surface area contributed by atoms with Gasteiger partial charge in [-0.1, -0.05) is 24.3 Å². The van der Waals surface area contributed by atoms with Gasteiger partial charge in [0.05, 0.1) is 12.1 Å². The number of halogens is 1. The van der Waals surface area contributed by atoms with E-state index in [1.54, 1.807) is 18.2 Å². The highest BCUT2D eigenvalue weighted by Gasteiger charge is 2.11. The molecule has 2 aromatic rings. The van der Waals surface area contributed by atoms with Crippen molar-refractivity contribution < 1.29 is 9.18 Å². The Morgan fingerprint density at radius 2 is 1.70 bits per heavy atom. The number of rotatable bonds is 4. The zero-order chi connectivity index (χ0) is 16.1. The van der Waals surface area contributed by atoms with E-state index < -0.39 is 5.82 Å². The minimum atomic E-state index is -0.415. The van der Waals surface area contributed by atoms with Crippen LogP contribution >= 0.6 is 0 Å². The molecule has 2 aromatic carbocycles. The summed E-state index contributed by atoms with van der Waals surface area (Å²) in [6.07, 6.45) is 4.04. The second kappa shape index (κ2) is 7.27. The van der Waals surface area contributed by atoms with Gasteiger partial charge in [-0.05, 0) is 49.1 Å². The van der Waals surface area contributed by atoms with Gasteiger partial charge in [-0.3, -0.25) is 4.79 Å². The van der Waals surface area contributed by atoms with Crippen LogP contribution in [-0.2, 0) is 11.2 Å². The smallest absolute Gasteiger partial charge is 0.228 e. The predicted octanol–water partition coefficient (Wildman–Crippen LogP) is 4.00. The molecule has 3 nitrogen and oxygen atoms in total. The molecular formula is C19H21FN2O. The van der Waals surface area contributed by atoms with Gasteiger partial charge in [0.15, 0.2) is 0 Å². The lowest BCUT2D eigenvalue weighted by atomic mass is 10.1. The maximum atomic E-state index is 13.5. The fourth-order valence-corrected chi connectivity index (χ4v) is 2.92. The van der Waals surface area contributed by atoms with E-state index in [1.807, 2.05) is 12.1 Å². The average molecular weight is 312 g/mol. The van der Waals surface area contributed by atoms with Crippen LogP contribution in [0.3, 0.4) is 0 Å². The number of hydrogen-bond acceptors (Lipinski definition) is 2. The van der Waals surface area contributed by atoms with Gasteiger partial charge in [0, 0.05) is 18.8 Å². The lowest BCUT2D eigenvalue weighted by Gasteiger charge is -2.28. The zero-order valence-electron chi connectivity index (χ0n) is 13.1. The molecule has 1 heterocycles. The summed E-state index contributed by atoms with van der Waals surface area (Å²) in [6.45, 7) is 2.21. The molecule has 120 valence electrons. The van der Waals surface area contributed by atoms with E-state index in [2.05, 4.69) is 22.3 Å². The molecule has 1 N–H and O–H groups in total. The Balaban J connectivity index is 1.59. The maximum absolute atomic E-state index is 13.5. The SMILES string of the molecule is O=C(Cc1ccc(N2CCCCC2)cc1)Nc1ccccc1F. The Kier molecular flexibility index (Phi) is 4.91. The summed E-state index contributed by atoms with van der Waals surface area (Å²) in [6, 6.07) is 14.3. The molecule has 1 aliphatic heterocycles. The topological polar surface area (TPSA) is 32.3 Å². The van der Waals surface area contributed by atoms with Crippen molar-refractivity contribution in [3.05, 3.63) is 59.9 Å². The van der Waals surface area contributed by atoms with Crippen LogP contribution in [0, 0.1) is 5.82 Å². The number of benzene rings is 2. The second-order valence-electron chi connectivity index (χ2n) is 5.92. The quantitative estimate of drug-likeness (QED) is 0.925. The van der Waals surface area contributed by atoms with E-state index in [1.165, 1.54) is 31.0 Å². The molecule has 0 aromatic heterocycles. The third-order valence-corrected chi connectivity index (χ3v) is 4.17. The fourth-order valence-electron chi connectivity index (χ4n) is 2.92. The fraction of sp³-hybridized carbons (Fsp3) is 0.316. The first-order valence-corrected chi connectivity index (χ1v) is 8.10. The molecule has 0 radical (unpaired) electrons. The minimum Gasteiger partial charge on any atom is -0.372 e. The lowest BCUT2D eigenvalue weighted by molar-refractivity contribution is -0.115. The van der Waals surface area contributed by atoms with Gasteiger partial charge >= 0.3 is 0 Å². The van der Waals surface area contributed by atoms with Crippen LogP contribution in [0.2, 0.25) is 0 Å². The van der Waals surface area contributed by atoms with Crippen LogP contribution in [0.4, 0.5) is 15.8 Å². The number of hydrogen-bond donors (Lipinski definition) is 1. The molecule has 4 heteroatoms. The van der Waals surface area contributed by atoms with Crippen LogP contribution < -0.4 is 10.2 Å². The van der Waals surface area contributed by atoms with Crippen LogP contribution in [-0.4, -0.2) is 19.0 Å². The molecule has 0 spiro atoms. The van der Waals surface area contributed by atoms with Crippen LogP contribution in [0.25, 0.3) is 0 Å². The van der Waals surface area contributed by atoms with Crippen molar-refractivity contribution in [2.24, 2.45) is 0 Å². The van der Waals surface area contributed by atoms with E-state index >= 15 is 0 Å². The molecule has 1 amide bonds. The number of carbonyl (C=O) groups excluding carboxylic acids is 1. The number of anilines is 2. The Bertz CT molecular complexity index is 663. The summed E-state index contributed by atoms with van der Waals surface area (Å²) in [5.41, 5.74) is 2.37. The highest BCUT2D eigenvalue weighted by Crippen LogP contribution is 2.20. The summed E-state index contributed by atoms with van der Waals surface area (Å²) in [7, 11) is 0. The first-order chi connectivity index (χ1) is 11.2. The van der Waals surface area contributed by atoms with E-state index in [0.29, 0.717) is 0 Å². The van der Waals surface area contributed by atoms with Crippen LogP contribution in [0.15, 0.2) is 48.5 Å². The molecule has 1 fully saturated rings. The normalized spacial score (nSPS) is 14.6. The average Bonchev–Trinajstić information content (AvgIpc) is 2.58. The summed E-state index contributed by atoms with van der Waals surface area (Å²) >= 11 is 0. The van der Waals surface area contributed by atoms with Crippen molar-refractivity contribution in [1.29, 1.82) is 0 Å². The maximum Gasteiger partial charge on any atom is 0.228 e. The Morgan fingerprint density at radius 1 is 1.00 bits per heavy atom. The molecule has 0 unspecified atom stereocenters. The first-order valence-electron chi connectivity index (χ1n) is 8.10. The lowest BCUT2D eigenvalue weighted by Crippen LogP contribution is -2.29. The molecule has 0 atom stereocenters. The van der Waals surface area contributed by atoms with Crippen molar-refractivity contribution in [3.8, 4) is 0 Å². The van der Waals surface area contributed by atoms with Gasteiger partial charge in [0.2, 0.25) is 5.91 Å². The highest BCUT2D eigenvalue weighted by atomic mass is 19.1. The van der Waals surface area contributed by atoms with Crippen molar-refractivity contribution in [2.45, 2.75) is 25.7 Å². The second-order valence-corrected chi connectivity index (χ2v) is 5.92. The van der Waals surface area contributed by atoms with Crippen LogP contribution in [0.5, 0.6) is 0 Å². The molecule has 0 aliphatic carbocycles. The Labute approximate surface area is 136 Å². The molecule has 3 rings (SSSR count). The van der Waals surface area contributed by atoms with Gasteiger partial charge < -0.3 is 10.2 Å². The van der Waals surface area contributed by atoms with Gasteiger partial charge in [0.1, 0.15) is 5.82 Å². The Morgan fingerprint density at radius 3 is 2.39 bits per heavy atom. The largest absolute Gasteiger partial charge is 0.372 e. The van der Waals surface area contributed by atoms with Gasteiger partial charge in [-0.2, -0.15) is 0 Å². The van der Waals surface area contributed by atoms with Crippen LogP contribution in [0.1, 0.15) is 24.8 Å². The number of nitrogens with one attached hydrogen (secondary N) is 1. The van der Waals surface area contributed by atoms with Crippen molar-refractivity contribution in [2.75, 3.05) is 23.3 Å². The summed E-state index contributed by atoms with van der Waals surface area (Å²) in [4.78, 5) is 14.4. The van der Waals surface area contributed by atoms with Crippen molar-refractivity contribution >= 4 is 17.3 Å². The van der Waals surface area contributed by atoms with Gasteiger partial charge in [-0.15, -0.1) is 0 Å². The number of para-hydroxylation sites is 1. The molecule has 0 saturated carbocycles.